The molecular formula is C11H8F4N2O3S. The summed E-state index contributed by atoms with van der Waals surface area (Å²) >= 11 is 0. The van der Waals surface area contributed by atoms with Crippen LogP contribution in [0, 0.1) is 23.3 Å². The summed E-state index contributed by atoms with van der Waals surface area (Å²) in [4.78, 5) is 1.93. The second-order valence-electron chi connectivity index (χ2n) is 3.97. The lowest BCUT2D eigenvalue weighted by atomic mass is 10.3. The second kappa shape index (κ2) is 5.37. The molecule has 5 nitrogen and oxygen atoms in total. The lowest BCUT2D eigenvalue weighted by Crippen LogP contribution is -2.16. The zero-order valence-electron chi connectivity index (χ0n) is 10.1. The van der Waals surface area contributed by atoms with Crippen LogP contribution in [-0.2, 0) is 16.6 Å². The van der Waals surface area contributed by atoms with E-state index in [1.807, 2.05) is 0 Å². The third-order valence-corrected chi connectivity index (χ3v) is 3.87. The van der Waals surface area contributed by atoms with Crippen LogP contribution >= 0.6 is 0 Å². The van der Waals surface area contributed by atoms with Crippen molar-refractivity contribution < 1.29 is 31.1 Å². The predicted molar refractivity (Wildman–Crippen MR) is 63.8 cm³/mol. The molecule has 2 rings (SSSR count). The van der Waals surface area contributed by atoms with Gasteiger partial charge in [-0.1, -0.05) is 0 Å². The maximum absolute atomic E-state index is 13.4. The van der Waals surface area contributed by atoms with Gasteiger partial charge in [-0.3, -0.25) is 4.72 Å². The Hall–Kier alpha value is -2.07. The van der Waals surface area contributed by atoms with Gasteiger partial charge < -0.3 is 10.1 Å². The third kappa shape index (κ3) is 2.85. The van der Waals surface area contributed by atoms with Crippen molar-refractivity contribution in [3.8, 4) is 0 Å². The summed E-state index contributed by atoms with van der Waals surface area (Å²) in [5.41, 5.74) is -1.33. The van der Waals surface area contributed by atoms with Crippen molar-refractivity contribution in [3.05, 3.63) is 47.3 Å². The molecule has 21 heavy (non-hydrogen) atoms. The molecule has 0 atom stereocenters. The van der Waals surface area contributed by atoms with Crippen molar-refractivity contribution in [2.45, 2.75) is 11.5 Å². The molecule has 0 saturated heterocycles. The van der Waals surface area contributed by atoms with E-state index in [0.717, 1.165) is 12.3 Å². The maximum atomic E-state index is 13.4. The number of rotatable bonds is 4. The van der Waals surface area contributed by atoms with E-state index in [9.17, 15) is 26.0 Å². The summed E-state index contributed by atoms with van der Waals surface area (Å²) in [6.45, 7) is -0.493. The largest absolute Gasteiger partial charge is 0.390 e. The first-order valence-corrected chi connectivity index (χ1v) is 6.88. The fraction of sp³-hybridized carbons (Fsp3) is 0.0909. The third-order valence-electron chi connectivity index (χ3n) is 2.55. The second-order valence-corrected chi connectivity index (χ2v) is 5.65. The average molecular weight is 324 g/mol. The van der Waals surface area contributed by atoms with E-state index in [2.05, 4.69) is 4.98 Å². The number of benzene rings is 1. The van der Waals surface area contributed by atoms with E-state index in [-0.39, 0.29) is 11.8 Å². The molecule has 3 N–H and O–H groups in total. The Balaban J connectivity index is 2.46. The van der Waals surface area contributed by atoms with Crippen LogP contribution in [0.3, 0.4) is 0 Å². The van der Waals surface area contributed by atoms with Gasteiger partial charge in [0.2, 0.25) is 0 Å². The van der Waals surface area contributed by atoms with Crippen LogP contribution in [0.1, 0.15) is 5.69 Å². The van der Waals surface area contributed by atoms with Crippen molar-refractivity contribution in [1.82, 2.24) is 4.98 Å². The van der Waals surface area contributed by atoms with E-state index in [4.69, 9.17) is 5.11 Å². The Morgan fingerprint density at radius 3 is 2.14 bits per heavy atom. The smallest absolute Gasteiger partial charge is 0.263 e. The van der Waals surface area contributed by atoms with Gasteiger partial charge in [0.15, 0.2) is 23.3 Å². The summed E-state index contributed by atoms with van der Waals surface area (Å²) in [5.74, 6) is -7.21. The van der Waals surface area contributed by atoms with Crippen LogP contribution in [0.5, 0.6) is 0 Å². The zero-order valence-corrected chi connectivity index (χ0v) is 10.9. The summed E-state index contributed by atoms with van der Waals surface area (Å²) < 4.78 is 78.0. The molecule has 0 bridgehead atoms. The van der Waals surface area contributed by atoms with Gasteiger partial charge in [0.1, 0.15) is 10.6 Å². The number of nitrogens with one attached hydrogen (secondary N) is 2. The topological polar surface area (TPSA) is 82.2 Å². The Morgan fingerprint density at radius 1 is 1.10 bits per heavy atom. The Labute approximate surface area is 116 Å². The number of aromatic nitrogens is 1. The summed E-state index contributed by atoms with van der Waals surface area (Å²) in [6, 6.07) is 0.955. The van der Waals surface area contributed by atoms with Crippen molar-refractivity contribution in [2.24, 2.45) is 0 Å². The van der Waals surface area contributed by atoms with Crippen LogP contribution < -0.4 is 4.72 Å². The minimum Gasteiger partial charge on any atom is -0.390 e. The van der Waals surface area contributed by atoms with E-state index < -0.39 is 50.5 Å². The molecule has 0 spiro atoms. The number of H-pyrrole nitrogens is 1. The van der Waals surface area contributed by atoms with Crippen LogP contribution in [0.2, 0.25) is 0 Å². The van der Waals surface area contributed by atoms with Gasteiger partial charge in [0, 0.05) is 18.0 Å². The molecule has 0 amide bonds. The van der Waals surface area contributed by atoms with Crippen molar-refractivity contribution in [3.63, 3.8) is 0 Å². The molecule has 1 aromatic heterocycles. The monoisotopic (exact) mass is 324 g/mol. The number of aromatic amines is 1. The molecule has 0 unspecified atom stereocenters. The van der Waals surface area contributed by atoms with Crippen LogP contribution in [0.4, 0.5) is 23.2 Å². The molecule has 0 aliphatic heterocycles. The molecule has 10 heteroatoms. The highest BCUT2D eigenvalue weighted by Crippen LogP contribution is 2.26. The summed E-state index contributed by atoms with van der Waals surface area (Å²) in [7, 11) is -4.49. The van der Waals surface area contributed by atoms with E-state index in [1.165, 1.54) is 4.72 Å². The minimum atomic E-state index is -4.49. The molecule has 0 radical (unpaired) electrons. The van der Waals surface area contributed by atoms with Crippen molar-refractivity contribution >= 4 is 15.7 Å². The highest BCUT2D eigenvalue weighted by atomic mass is 32.2. The number of hydrogen-bond acceptors (Lipinski definition) is 3. The van der Waals surface area contributed by atoms with E-state index >= 15 is 0 Å². The van der Waals surface area contributed by atoms with Gasteiger partial charge in [0.05, 0.1) is 6.61 Å². The molecule has 0 saturated carbocycles. The molecule has 2 aromatic rings. The van der Waals surface area contributed by atoms with Gasteiger partial charge >= 0.3 is 0 Å². The summed E-state index contributed by atoms with van der Waals surface area (Å²) in [5, 5.41) is 8.80. The van der Waals surface area contributed by atoms with Gasteiger partial charge in [-0.15, -0.1) is 0 Å². The van der Waals surface area contributed by atoms with E-state index in [0.29, 0.717) is 0 Å². The lowest BCUT2D eigenvalue weighted by Gasteiger charge is -2.09. The standard InChI is InChI=1S/C11H8F4N2O3S/c12-7-2-8(13)10(15)11(9(7)14)17-21(19,20)6-1-5(4-18)16-3-6/h1-3,16-18H,4H2. The fourth-order valence-corrected chi connectivity index (χ4v) is 2.60. The van der Waals surface area contributed by atoms with Crippen LogP contribution in [0.15, 0.2) is 23.2 Å². The van der Waals surface area contributed by atoms with Gasteiger partial charge in [-0.05, 0) is 6.07 Å². The van der Waals surface area contributed by atoms with Crippen molar-refractivity contribution in [1.29, 1.82) is 0 Å². The number of anilines is 1. The highest BCUT2D eigenvalue weighted by Gasteiger charge is 2.25. The van der Waals surface area contributed by atoms with Crippen LogP contribution in [-0.4, -0.2) is 18.5 Å². The molecule has 0 aliphatic carbocycles. The number of aliphatic hydroxyl groups is 1. The van der Waals surface area contributed by atoms with Gasteiger partial charge in [-0.2, -0.15) is 0 Å². The molecule has 0 aliphatic rings. The fourth-order valence-electron chi connectivity index (χ4n) is 1.52. The van der Waals surface area contributed by atoms with Crippen molar-refractivity contribution in [2.75, 3.05) is 4.72 Å². The Kier molecular flexibility index (Phi) is 3.92. The molecule has 0 fully saturated rings. The van der Waals surface area contributed by atoms with Gasteiger partial charge in [0.25, 0.3) is 10.0 Å². The lowest BCUT2D eigenvalue weighted by molar-refractivity contribution is 0.277. The van der Waals surface area contributed by atoms with Crippen LogP contribution in [0.25, 0.3) is 0 Å². The first-order valence-electron chi connectivity index (χ1n) is 5.40. The molecule has 1 aromatic carbocycles. The number of hydrogen-bond donors (Lipinski definition) is 3. The Bertz CT molecular complexity index is 763. The molecular weight excluding hydrogens is 316 g/mol. The number of sulfonamides is 1. The molecule has 1 heterocycles. The van der Waals surface area contributed by atoms with E-state index in [1.54, 1.807) is 0 Å². The Morgan fingerprint density at radius 2 is 1.67 bits per heavy atom. The van der Waals surface area contributed by atoms with Gasteiger partial charge in [-0.25, -0.2) is 26.0 Å². The zero-order chi connectivity index (χ0) is 15.8. The first kappa shape index (κ1) is 15.3. The number of halogens is 4. The first-order chi connectivity index (χ1) is 9.76. The SMILES string of the molecule is O=S(=O)(Nc1c(F)c(F)cc(F)c1F)c1c[nH]c(CO)c1. The highest BCUT2D eigenvalue weighted by molar-refractivity contribution is 7.92. The summed E-state index contributed by atoms with van der Waals surface area (Å²) in [6.07, 6.45) is 0.944. The predicted octanol–water partition coefficient (Wildman–Crippen LogP) is 1.86. The molecule has 114 valence electrons. The maximum Gasteiger partial charge on any atom is 0.263 e. The minimum absolute atomic E-state index is 0.0391. The average Bonchev–Trinajstić information content (AvgIpc) is 2.91. The normalized spacial score (nSPS) is 11.7. The quantitative estimate of drug-likeness (QED) is 0.593. The number of aliphatic hydroxyl groups excluding tert-OH is 1.